The molecule has 0 amide bonds. The predicted octanol–water partition coefficient (Wildman–Crippen LogP) is 6.23. The summed E-state index contributed by atoms with van der Waals surface area (Å²) in [5.74, 6) is 2.21. The Balaban J connectivity index is 1.36. The SMILES string of the molecule is COc1c(C)cccc1C1CC(CNCc2cccc3ccccc23)Oc2ccccc21. The van der Waals surface area contributed by atoms with Gasteiger partial charge in [0.15, 0.2) is 0 Å². The summed E-state index contributed by atoms with van der Waals surface area (Å²) in [6.45, 7) is 3.72. The minimum Gasteiger partial charge on any atom is -0.496 e. The molecule has 0 fully saturated rings. The van der Waals surface area contributed by atoms with E-state index < -0.39 is 0 Å². The largest absolute Gasteiger partial charge is 0.496 e. The first-order chi connectivity index (χ1) is 15.7. The van der Waals surface area contributed by atoms with Crippen molar-refractivity contribution in [3.05, 3.63) is 107 Å². The van der Waals surface area contributed by atoms with Crippen molar-refractivity contribution in [3.8, 4) is 11.5 Å². The van der Waals surface area contributed by atoms with E-state index in [9.17, 15) is 0 Å². The van der Waals surface area contributed by atoms with Gasteiger partial charge in [-0.25, -0.2) is 0 Å². The Morgan fingerprint density at radius 3 is 2.53 bits per heavy atom. The molecular weight excluding hydrogens is 394 g/mol. The Morgan fingerprint density at radius 2 is 1.62 bits per heavy atom. The molecule has 4 aromatic carbocycles. The van der Waals surface area contributed by atoms with Crippen molar-refractivity contribution in [1.29, 1.82) is 0 Å². The third-order valence-corrected chi connectivity index (χ3v) is 6.48. The average molecular weight is 424 g/mol. The first kappa shape index (κ1) is 20.6. The number of benzene rings is 4. The van der Waals surface area contributed by atoms with Crippen molar-refractivity contribution in [2.75, 3.05) is 13.7 Å². The number of fused-ring (bicyclic) bond motifs is 2. The predicted molar refractivity (Wildman–Crippen MR) is 131 cm³/mol. The van der Waals surface area contributed by atoms with Crippen LogP contribution in [0.25, 0.3) is 10.8 Å². The number of para-hydroxylation sites is 2. The normalized spacial score (nSPS) is 17.6. The highest BCUT2D eigenvalue weighted by molar-refractivity contribution is 5.85. The minimum absolute atomic E-state index is 0.0927. The maximum absolute atomic E-state index is 6.41. The number of aryl methyl sites for hydroxylation is 1. The quantitative estimate of drug-likeness (QED) is 0.399. The van der Waals surface area contributed by atoms with Crippen molar-refractivity contribution >= 4 is 10.8 Å². The molecule has 0 bridgehead atoms. The van der Waals surface area contributed by atoms with Crippen LogP contribution in [0.3, 0.4) is 0 Å². The molecule has 162 valence electrons. The number of rotatable bonds is 6. The Hall–Kier alpha value is -3.30. The second kappa shape index (κ2) is 9.05. The molecule has 0 radical (unpaired) electrons. The highest BCUT2D eigenvalue weighted by Gasteiger charge is 2.31. The van der Waals surface area contributed by atoms with Gasteiger partial charge in [-0.15, -0.1) is 0 Å². The Morgan fingerprint density at radius 1 is 0.875 bits per heavy atom. The summed E-state index contributed by atoms with van der Waals surface area (Å²) in [4.78, 5) is 0. The number of methoxy groups -OCH3 is 1. The Bertz CT molecular complexity index is 1230. The summed E-state index contributed by atoms with van der Waals surface area (Å²) in [5.41, 5.74) is 4.96. The number of hydrogen-bond acceptors (Lipinski definition) is 3. The fourth-order valence-corrected chi connectivity index (χ4v) is 4.96. The van der Waals surface area contributed by atoms with Crippen LogP contribution in [0.15, 0.2) is 84.9 Å². The molecule has 0 saturated carbocycles. The van der Waals surface area contributed by atoms with Crippen molar-refractivity contribution in [3.63, 3.8) is 0 Å². The van der Waals surface area contributed by atoms with Crippen LogP contribution in [0, 0.1) is 6.92 Å². The maximum Gasteiger partial charge on any atom is 0.125 e. The fourth-order valence-electron chi connectivity index (χ4n) is 4.96. The van der Waals surface area contributed by atoms with Crippen molar-refractivity contribution in [2.45, 2.75) is 31.9 Å². The summed E-state index contributed by atoms with van der Waals surface area (Å²) in [6.07, 6.45) is 1.01. The van der Waals surface area contributed by atoms with Gasteiger partial charge < -0.3 is 14.8 Å². The van der Waals surface area contributed by atoms with E-state index >= 15 is 0 Å². The van der Waals surface area contributed by atoms with Gasteiger partial charge in [-0.3, -0.25) is 0 Å². The topological polar surface area (TPSA) is 30.5 Å². The van der Waals surface area contributed by atoms with E-state index in [1.165, 1.54) is 33.0 Å². The monoisotopic (exact) mass is 423 g/mol. The maximum atomic E-state index is 6.41. The molecule has 3 nitrogen and oxygen atoms in total. The average Bonchev–Trinajstić information content (AvgIpc) is 2.83. The van der Waals surface area contributed by atoms with E-state index in [2.05, 4.69) is 97.2 Å². The fraction of sp³-hybridized carbons (Fsp3) is 0.241. The molecule has 4 aromatic rings. The molecule has 32 heavy (non-hydrogen) atoms. The lowest BCUT2D eigenvalue weighted by Crippen LogP contribution is -2.35. The van der Waals surface area contributed by atoms with Crippen LogP contribution in [0.2, 0.25) is 0 Å². The van der Waals surface area contributed by atoms with Gasteiger partial charge in [0, 0.05) is 30.1 Å². The Kier molecular flexibility index (Phi) is 5.83. The van der Waals surface area contributed by atoms with Crippen molar-refractivity contribution < 1.29 is 9.47 Å². The molecule has 1 heterocycles. The van der Waals surface area contributed by atoms with E-state index in [0.717, 1.165) is 31.0 Å². The van der Waals surface area contributed by atoms with Gasteiger partial charge in [-0.05, 0) is 41.3 Å². The van der Waals surface area contributed by atoms with E-state index in [0.29, 0.717) is 0 Å². The molecule has 1 aliphatic rings. The van der Waals surface area contributed by atoms with Gasteiger partial charge in [0.2, 0.25) is 0 Å². The molecule has 0 aromatic heterocycles. The zero-order chi connectivity index (χ0) is 21.9. The number of ether oxygens (including phenoxy) is 2. The number of hydrogen-bond donors (Lipinski definition) is 1. The molecule has 1 aliphatic heterocycles. The van der Waals surface area contributed by atoms with Gasteiger partial charge in [0.1, 0.15) is 17.6 Å². The van der Waals surface area contributed by atoms with Crippen LogP contribution < -0.4 is 14.8 Å². The summed E-state index contributed by atoms with van der Waals surface area (Å²) in [6, 6.07) is 29.9. The smallest absolute Gasteiger partial charge is 0.125 e. The second-order valence-corrected chi connectivity index (χ2v) is 8.53. The van der Waals surface area contributed by atoms with Gasteiger partial charge in [0.25, 0.3) is 0 Å². The van der Waals surface area contributed by atoms with E-state index in [1.54, 1.807) is 7.11 Å². The number of nitrogens with one attached hydrogen (secondary N) is 1. The highest BCUT2D eigenvalue weighted by atomic mass is 16.5. The minimum atomic E-state index is 0.0927. The first-order valence-electron chi connectivity index (χ1n) is 11.3. The molecule has 3 heteroatoms. The second-order valence-electron chi connectivity index (χ2n) is 8.53. The lowest BCUT2D eigenvalue weighted by molar-refractivity contribution is 0.161. The van der Waals surface area contributed by atoms with Gasteiger partial charge in [-0.2, -0.15) is 0 Å². The summed E-state index contributed by atoms with van der Waals surface area (Å²) in [5, 5.41) is 6.23. The zero-order valence-electron chi connectivity index (χ0n) is 18.7. The molecule has 2 unspecified atom stereocenters. The highest BCUT2D eigenvalue weighted by Crippen LogP contribution is 2.44. The van der Waals surface area contributed by atoms with Gasteiger partial charge in [0.05, 0.1) is 7.11 Å². The van der Waals surface area contributed by atoms with Crippen LogP contribution in [0.1, 0.15) is 34.6 Å². The summed E-state index contributed by atoms with van der Waals surface area (Å²) >= 11 is 0. The molecule has 5 rings (SSSR count). The molecule has 0 saturated heterocycles. The zero-order valence-corrected chi connectivity index (χ0v) is 18.7. The lowest BCUT2D eigenvalue weighted by Gasteiger charge is -2.33. The van der Waals surface area contributed by atoms with Gasteiger partial charge >= 0.3 is 0 Å². The lowest BCUT2D eigenvalue weighted by atomic mass is 9.83. The van der Waals surface area contributed by atoms with Crippen LogP contribution in [0.5, 0.6) is 11.5 Å². The first-order valence-corrected chi connectivity index (χ1v) is 11.3. The third kappa shape index (κ3) is 3.96. The molecule has 1 N–H and O–H groups in total. The van der Waals surface area contributed by atoms with Gasteiger partial charge in [-0.1, -0.05) is 78.9 Å². The molecule has 0 spiro atoms. The van der Waals surface area contributed by atoms with Crippen LogP contribution in [-0.2, 0) is 6.54 Å². The third-order valence-electron chi connectivity index (χ3n) is 6.48. The molecular formula is C29H29NO2. The van der Waals surface area contributed by atoms with Crippen LogP contribution >= 0.6 is 0 Å². The molecule has 2 atom stereocenters. The van der Waals surface area contributed by atoms with E-state index in [1.807, 2.05) is 0 Å². The Labute approximate surface area is 190 Å². The molecule has 0 aliphatic carbocycles. The van der Waals surface area contributed by atoms with Crippen molar-refractivity contribution in [2.24, 2.45) is 0 Å². The summed E-state index contributed by atoms with van der Waals surface area (Å²) in [7, 11) is 1.76. The van der Waals surface area contributed by atoms with Crippen LogP contribution in [-0.4, -0.2) is 19.8 Å². The van der Waals surface area contributed by atoms with Crippen molar-refractivity contribution in [1.82, 2.24) is 5.32 Å². The standard InChI is InChI=1S/C29H29NO2/c1-20-9-7-15-26(29(20)31-2)27-17-23(32-28-16-6-5-14-25(27)28)19-30-18-22-12-8-11-21-10-3-4-13-24(21)22/h3-16,23,27,30H,17-19H2,1-2H3. The van der Waals surface area contributed by atoms with E-state index in [4.69, 9.17) is 9.47 Å². The van der Waals surface area contributed by atoms with E-state index in [-0.39, 0.29) is 12.0 Å². The van der Waals surface area contributed by atoms with Crippen LogP contribution in [0.4, 0.5) is 0 Å². The summed E-state index contributed by atoms with van der Waals surface area (Å²) < 4.78 is 12.2.